The summed E-state index contributed by atoms with van der Waals surface area (Å²) in [5.74, 6) is -1.40. The number of rotatable bonds is 4. The van der Waals surface area contributed by atoms with E-state index in [-0.39, 0.29) is 17.5 Å². The predicted molar refractivity (Wildman–Crippen MR) is 106 cm³/mol. The zero-order valence-corrected chi connectivity index (χ0v) is 17.7. The molecule has 3 heterocycles. The first-order valence-electron chi connectivity index (χ1n) is 9.84. The van der Waals surface area contributed by atoms with Crippen LogP contribution < -0.4 is 5.32 Å². The summed E-state index contributed by atoms with van der Waals surface area (Å²) < 4.78 is 59.0. The second kappa shape index (κ2) is 7.99. The molecule has 0 spiro atoms. The molecule has 1 aromatic carbocycles. The van der Waals surface area contributed by atoms with Crippen molar-refractivity contribution >= 4 is 15.9 Å². The first kappa shape index (κ1) is 21.4. The number of sulfonamides is 1. The average Bonchev–Trinajstić information content (AvgIpc) is 3.22. The summed E-state index contributed by atoms with van der Waals surface area (Å²) in [6, 6.07) is 2.70. The van der Waals surface area contributed by atoms with E-state index >= 15 is 0 Å². The van der Waals surface area contributed by atoms with Crippen LogP contribution in [0, 0.1) is 11.6 Å². The van der Waals surface area contributed by atoms with Crippen molar-refractivity contribution in [1.82, 2.24) is 14.5 Å². The molecule has 10 heteroatoms. The van der Waals surface area contributed by atoms with Gasteiger partial charge in [0.05, 0.1) is 18.9 Å². The van der Waals surface area contributed by atoms with Crippen molar-refractivity contribution in [3.8, 4) is 0 Å². The van der Waals surface area contributed by atoms with Gasteiger partial charge in [-0.3, -0.25) is 9.69 Å². The number of halogens is 2. The van der Waals surface area contributed by atoms with Gasteiger partial charge in [-0.25, -0.2) is 17.2 Å². The molecule has 1 saturated heterocycles. The molecular formula is C20H25F2N3O4S. The van der Waals surface area contributed by atoms with Gasteiger partial charge in [0.25, 0.3) is 0 Å². The number of nitrogens with zero attached hydrogens (tertiary/aromatic N) is 2. The standard InChI is InChI=1S/C20H25F2N3O4S/c1-12(26)23-19-6-16(11-29-20(19)17-5-15(21)3-4-18(17)22)24-7-13-9-25(30(2,27)28)10-14(13)8-24/h3-5,16,19-20H,6-11H2,1-2H3,(H,23,26). The zero-order valence-electron chi connectivity index (χ0n) is 16.9. The third-order valence-electron chi connectivity index (χ3n) is 6.02. The fraction of sp³-hybridized carbons (Fsp3) is 0.550. The Morgan fingerprint density at radius 2 is 1.83 bits per heavy atom. The van der Waals surface area contributed by atoms with Crippen molar-refractivity contribution < 1.29 is 26.7 Å². The van der Waals surface area contributed by atoms with Gasteiger partial charge in [-0.05, 0) is 35.8 Å². The highest BCUT2D eigenvalue weighted by Crippen LogP contribution is 2.35. The van der Waals surface area contributed by atoms with Gasteiger partial charge < -0.3 is 10.1 Å². The maximum atomic E-state index is 14.3. The van der Waals surface area contributed by atoms with Gasteiger partial charge in [-0.2, -0.15) is 4.31 Å². The predicted octanol–water partition coefficient (Wildman–Crippen LogP) is 1.19. The van der Waals surface area contributed by atoms with Crippen LogP contribution in [0.2, 0.25) is 0 Å². The molecule has 0 aliphatic carbocycles. The summed E-state index contributed by atoms with van der Waals surface area (Å²) in [5.41, 5.74) is 2.31. The molecule has 3 aliphatic rings. The van der Waals surface area contributed by atoms with Crippen molar-refractivity contribution in [1.29, 1.82) is 0 Å². The maximum Gasteiger partial charge on any atom is 0.217 e. The molecule has 3 unspecified atom stereocenters. The number of hydrogen-bond acceptors (Lipinski definition) is 5. The SMILES string of the molecule is CC(=O)NC1CC(N2CC3=C(C2)CN(S(C)(=O)=O)C3)COC1c1cc(F)ccc1F. The highest BCUT2D eigenvalue weighted by molar-refractivity contribution is 7.88. The number of carbonyl (C=O) groups is 1. The normalized spacial score (nSPS) is 28.1. The molecule has 0 aromatic heterocycles. The number of nitrogens with one attached hydrogen (secondary N) is 1. The van der Waals surface area contributed by atoms with E-state index in [2.05, 4.69) is 10.2 Å². The van der Waals surface area contributed by atoms with E-state index in [4.69, 9.17) is 4.74 Å². The highest BCUT2D eigenvalue weighted by Gasteiger charge is 2.41. The van der Waals surface area contributed by atoms with Crippen molar-refractivity contribution in [3.05, 3.63) is 46.5 Å². The zero-order chi connectivity index (χ0) is 21.6. The summed E-state index contributed by atoms with van der Waals surface area (Å²) >= 11 is 0. The average molecular weight is 442 g/mol. The first-order valence-corrected chi connectivity index (χ1v) is 11.7. The lowest BCUT2D eigenvalue weighted by molar-refractivity contribution is -0.123. The fourth-order valence-corrected chi connectivity index (χ4v) is 5.35. The molecule has 1 N–H and O–H groups in total. The summed E-state index contributed by atoms with van der Waals surface area (Å²) in [6.07, 6.45) is 0.964. The molecule has 7 nitrogen and oxygen atoms in total. The van der Waals surface area contributed by atoms with E-state index in [1.165, 1.54) is 17.5 Å². The molecule has 4 rings (SSSR count). The van der Waals surface area contributed by atoms with Crippen molar-refractivity contribution in [2.45, 2.75) is 31.5 Å². The number of ether oxygens (including phenoxy) is 1. The van der Waals surface area contributed by atoms with Crippen LogP contribution in [0.15, 0.2) is 29.3 Å². The van der Waals surface area contributed by atoms with Crippen molar-refractivity contribution in [2.24, 2.45) is 0 Å². The minimum Gasteiger partial charge on any atom is -0.370 e. The number of amides is 1. The Hall–Kier alpha value is -1.88. The topological polar surface area (TPSA) is 79.0 Å². The van der Waals surface area contributed by atoms with Crippen LogP contribution in [-0.2, 0) is 19.6 Å². The minimum absolute atomic E-state index is 0.0213. The van der Waals surface area contributed by atoms with E-state index in [1.54, 1.807) is 0 Å². The quantitative estimate of drug-likeness (QED) is 0.711. The van der Waals surface area contributed by atoms with Gasteiger partial charge >= 0.3 is 0 Å². The monoisotopic (exact) mass is 441 g/mol. The molecule has 30 heavy (non-hydrogen) atoms. The second-order valence-corrected chi connectivity index (χ2v) is 10.2. The van der Waals surface area contributed by atoms with E-state index in [0.717, 1.165) is 29.3 Å². The Morgan fingerprint density at radius 1 is 1.17 bits per heavy atom. The molecule has 1 amide bonds. The first-order chi connectivity index (χ1) is 14.1. The summed E-state index contributed by atoms with van der Waals surface area (Å²) in [4.78, 5) is 13.9. The number of hydrogen-bond donors (Lipinski definition) is 1. The van der Waals surface area contributed by atoms with Crippen LogP contribution in [0.5, 0.6) is 0 Å². The molecule has 3 atom stereocenters. The number of benzene rings is 1. The number of carbonyl (C=O) groups excluding carboxylic acids is 1. The largest absolute Gasteiger partial charge is 0.370 e. The molecule has 0 radical (unpaired) electrons. The highest BCUT2D eigenvalue weighted by atomic mass is 32.2. The van der Waals surface area contributed by atoms with Crippen LogP contribution in [-0.4, -0.2) is 74.7 Å². The molecule has 0 saturated carbocycles. The van der Waals surface area contributed by atoms with Gasteiger partial charge in [0.15, 0.2) is 0 Å². The van der Waals surface area contributed by atoms with E-state index < -0.39 is 33.8 Å². The van der Waals surface area contributed by atoms with E-state index in [9.17, 15) is 22.0 Å². The lowest BCUT2D eigenvalue weighted by Gasteiger charge is -2.41. The Labute approximate surface area is 174 Å². The van der Waals surface area contributed by atoms with Crippen LogP contribution in [0.25, 0.3) is 0 Å². The lowest BCUT2D eigenvalue weighted by atomic mass is 9.92. The third kappa shape index (κ3) is 4.27. The Morgan fingerprint density at radius 3 is 2.43 bits per heavy atom. The summed E-state index contributed by atoms with van der Waals surface area (Å²) in [6.45, 7) is 3.79. The van der Waals surface area contributed by atoms with Crippen LogP contribution in [0.4, 0.5) is 8.78 Å². The molecule has 164 valence electrons. The smallest absolute Gasteiger partial charge is 0.217 e. The summed E-state index contributed by atoms with van der Waals surface area (Å²) in [5, 5.41) is 2.83. The van der Waals surface area contributed by atoms with E-state index in [0.29, 0.717) is 39.2 Å². The fourth-order valence-electron chi connectivity index (χ4n) is 4.57. The van der Waals surface area contributed by atoms with Crippen molar-refractivity contribution in [2.75, 3.05) is 39.0 Å². The Kier molecular flexibility index (Phi) is 5.69. The molecule has 1 aromatic rings. The van der Waals surface area contributed by atoms with Crippen LogP contribution >= 0.6 is 0 Å². The van der Waals surface area contributed by atoms with Crippen molar-refractivity contribution in [3.63, 3.8) is 0 Å². The third-order valence-corrected chi connectivity index (χ3v) is 7.22. The van der Waals surface area contributed by atoms with Gasteiger partial charge in [-0.1, -0.05) is 0 Å². The molecule has 3 aliphatic heterocycles. The van der Waals surface area contributed by atoms with Gasteiger partial charge in [-0.15, -0.1) is 0 Å². The van der Waals surface area contributed by atoms with Gasteiger partial charge in [0.1, 0.15) is 17.7 Å². The molecule has 0 bridgehead atoms. The maximum absolute atomic E-state index is 14.3. The lowest BCUT2D eigenvalue weighted by Crippen LogP contribution is -2.52. The van der Waals surface area contributed by atoms with Crippen LogP contribution in [0.3, 0.4) is 0 Å². The van der Waals surface area contributed by atoms with Gasteiger partial charge in [0.2, 0.25) is 15.9 Å². The Bertz CT molecular complexity index is 980. The minimum atomic E-state index is -3.22. The molecular weight excluding hydrogens is 416 g/mol. The van der Waals surface area contributed by atoms with Gasteiger partial charge in [0, 0.05) is 44.7 Å². The van der Waals surface area contributed by atoms with Crippen LogP contribution in [0.1, 0.15) is 25.0 Å². The van der Waals surface area contributed by atoms with E-state index in [1.807, 2.05) is 0 Å². The summed E-state index contributed by atoms with van der Waals surface area (Å²) in [7, 11) is -3.22. The molecule has 1 fully saturated rings. The second-order valence-electron chi connectivity index (χ2n) is 8.26. The Balaban J connectivity index is 1.46.